The maximum Gasteiger partial charge on any atom is 0.134 e. The lowest BCUT2D eigenvalue weighted by atomic mass is 10.0. The van der Waals surface area contributed by atoms with Gasteiger partial charge in [0.15, 0.2) is 0 Å². The van der Waals surface area contributed by atoms with E-state index in [1.54, 1.807) is 18.4 Å². The lowest BCUT2D eigenvalue weighted by molar-refractivity contribution is 0.409. The summed E-state index contributed by atoms with van der Waals surface area (Å²) < 4.78 is 5.32. The lowest BCUT2D eigenvalue weighted by Crippen LogP contribution is -2.12. The fourth-order valence-electron chi connectivity index (χ4n) is 2.03. The zero-order chi connectivity index (χ0) is 13.1. The Morgan fingerprint density at radius 3 is 2.67 bits per heavy atom. The number of aryl methyl sites for hydroxylation is 2. The molecule has 2 aromatic rings. The summed E-state index contributed by atoms with van der Waals surface area (Å²) in [4.78, 5) is 1.12. The molecule has 0 bridgehead atoms. The average molecular weight is 261 g/mol. The molecule has 3 heteroatoms. The molecule has 1 heterocycles. The van der Waals surface area contributed by atoms with Crippen LogP contribution in [-0.4, -0.2) is 7.11 Å². The minimum atomic E-state index is 0.00190. The number of ether oxygens (including phenoxy) is 1. The van der Waals surface area contributed by atoms with Crippen molar-refractivity contribution in [2.45, 2.75) is 26.3 Å². The van der Waals surface area contributed by atoms with E-state index in [0.29, 0.717) is 0 Å². The van der Waals surface area contributed by atoms with Crippen molar-refractivity contribution in [2.75, 3.05) is 7.11 Å². The number of benzene rings is 1. The molecular weight excluding hydrogens is 242 g/mol. The van der Waals surface area contributed by atoms with Crippen LogP contribution in [0.25, 0.3) is 0 Å². The van der Waals surface area contributed by atoms with E-state index in [2.05, 4.69) is 32.0 Å². The van der Waals surface area contributed by atoms with Gasteiger partial charge in [-0.3, -0.25) is 0 Å². The Morgan fingerprint density at radius 2 is 2.00 bits per heavy atom. The van der Waals surface area contributed by atoms with Gasteiger partial charge in [0.05, 0.1) is 12.0 Å². The fraction of sp³-hybridized carbons (Fsp3) is 0.333. The van der Waals surface area contributed by atoms with Crippen molar-refractivity contribution in [3.63, 3.8) is 0 Å². The van der Waals surface area contributed by atoms with Crippen LogP contribution < -0.4 is 10.5 Å². The summed E-state index contributed by atoms with van der Waals surface area (Å²) in [5, 5.41) is 2.02. The van der Waals surface area contributed by atoms with E-state index in [9.17, 15) is 0 Å². The van der Waals surface area contributed by atoms with E-state index in [-0.39, 0.29) is 6.04 Å². The molecule has 1 aromatic heterocycles. The third kappa shape index (κ3) is 2.74. The number of hydrogen-bond acceptors (Lipinski definition) is 3. The topological polar surface area (TPSA) is 35.2 Å². The Bertz CT molecular complexity index is 533. The first-order valence-corrected chi connectivity index (χ1v) is 6.93. The molecule has 1 atom stereocenters. The molecule has 0 saturated carbocycles. The van der Waals surface area contributed by atoms with Gasteiger partial charge in [-0.05, 0) is 48.4 Å². The van der Waals surface area contributed by atoms with Gasteiger partial charge in [-0.25, -0.2) is 0 Å². The maximum atomic E-state index is 6.27. The number of rotatable bonds is 4. The van der Waals surface area contributed by atoms with Crippen molar-refractivity contribution < 1.29 is 4.74 Å². The van der Waals surface area contributed by atoms with Crippen molar-refractivity contribution in [1.82, 2.24) is 0 Å². The van der Waals surface area contributed by atoms with Crippen molar-refractivity contribution in [3.05, 3.63) is 51.2 Å². The molecule has 0 fully saturated rings. The number of nitrogens with two attached hydrogens (primary N) is 1. The van der Waals surface area contributed by atoms with Crippen LogP contribution in [0.5, 0.6) is 5.75 Å². The second kappa shape index (κ2) is 5.55. The second-order valence-corrected chi connectivity index (χ2v) is 5.53. The van der Waals surface area contributed by atoms with Crippen molar-refractivity contribution in [3.8, 4) is 5.75 Å². The summed E-state index contributed by atoms with van der Waals surface area (Å²) in [5.74, 6) is 0.899. The zero-order valence-corrected chi connectivity index (χ0v) is 11.9. The molecule has 2 rings (SSSR count). The van der Waals surface area contributed by atoms with Gasteiger partial charge in [-0.15, -0.1) is 11.3 Å². The summed E-state index contributed by atoms with van der Waals surface area (Å²) in [7, 11) is 1.69. The first-order chi connectivity index (χ1) is 8.61. The highest BCUT2D eigenvalue weighted by Crippen LogP contribution is 2.31. The van der Waals surface area contributed by atoms with E-state index < -0.39 is 0 Å². The molecule has 18 heavy (non-hydrogen) atoms. The van der Waals surface area contributed by atoms with Crippen LogP contribution in [0.2, 0.25) is 0 Å². The van der Waals surface area contributed by atoms with Crippen molar-refractivity contribution in [1.29, 1.82) is 0 Å². The first-order valence-electron chi connectivity index (χ1n) is 6.05. The van der Waals surface area contributed by atoms with Gasteiger partial charge < -0.3 is 10.5 Å². The van der Waals surface area contributed by atoms with Crippen LogP contribution in [0.4, 0.5) is 0 Å². The van der Waals surface area contributed by atoms with Gasteiger partial charge in [0, 0.05) is 6.04 Å². The minimum absolute atomic E-state index is 0.00190. The summed E-state index contributed by atoms with van der Waals surface area (Å²) >= 11 is 1.66. The van der Waals surface area contributed by atoms with Gasteiger partial charge in [0.1, 0.15) is 5.75 Å². The Kier molecular flexibility index (Phi) is 4.04. The zero-order valence-electron chi connectivity index (χ0n) is 11.1. The molecule has 1 unspecified atom stereocenters. The van der Waals surface area contributed by atoms with Crippen LogP contribution in [0.1, 0.15) is 27.6 Å². The number of thiophene rings is 1. The van der Waals surface area contributed by atoms with E-state index in [4.69, 9.17) is 10.5 Å². The van der Waals surface area contributed by atoms with Gasteiger partial charge in [0.25, 0.3) is 0 Å². The van der Waals surface area contributed by atoms with Crippen LogP contribution >= 0.6 is 11.3 Å². The lowest BCUT2D eigenvalue weighted by Gasteiger charge is -2.13. The standard InChI is InChI=1S/C15H19NOS/c1-10-4-5-12(8-11(10)2)9-13(16)15-14(17-3)6-7-18-15/h4-8,13H,9,16H2,1-3H3. The normalized spacial score (nSPS) is 12.4. The third-order valence-electron chi connectivity index (χ3n) is 3.24. The van der Waals surface area contributed by atoms with E-state index in [1.165, 1.54) is 16.7 Å². The number of hydrogen-bond donors (Lipinski definition) is 1. The monoisotopic (exact) mass is 261 g/mol. The molecule has 0 amide bonds. The highest BCUT2D eigenvalue weighted by molar-refractivity contribution is 7.10. The molecule has 96 valence electrons. The summed E-state index contributed by atoms with van der Waals surface area (Å²) in [6.07, 6.45) is 0.845. The number of methoxy groups -OCH3 is 1. The second-order valence-electron chi connectivity index (χ2n) is 4.58. The third-order valence-corrected chi connectivity index (χ3v) is 4.27. The Morgan fingerprint density at radius 1 is 1.22 bits per heavy atom. The molecule has 1 aromatic carbocycles. The molecule has 2 N–H and O–H groups in total. The van der Waals surface area contributed by atoms with Gasteiger partial charge in [0.2, 0.25) is 0 Å². The maximum absolute atomic E-state index is 6.27. The fourth-order valence-corrected chi connectivity index (χ4v) is 2.89. The summed E-state index contributed by atoms with van der Waals surface area (Å²) in [5.41, 5.74) is 10.2. The highest BCUT2D eigenvalue weighted by atomic mass is 32.1. The van der Waals surface area contributed by atoms with Crippen LogP contribution in [0.3, 0.4) is 0 Å². The summed E-state index contributed by atoms with van der Waals surface area (Å²) in [6, 6.07) is 8.50. The van der Waals surface area contributed by atoms with Crippen LogP contribution in [0.15, 0.2) is 29.6 Å². The molecule has 0 saturated heterocycles. The first kappa shape index (κ1) is 13.1. The largest absolute Gasteiger partial charge is 0.496 e. The van der Waals surface area contributed by atoms with Crippen molar-refractivity contribution in [2.24, 2.45) is 5.73 Å². The highest BCUT2D eigenvalue weighted by Gasteiger charge is 2.14. The average Bonchev–Trinajstić information content (AvgIpc) is 2.82. The smallest absolute Gasteiger partial charge is 0.134 e. The summed E-state index contributed by atoms with van der Waals surface area (Å²) in [6.45, 7) is 4.26. The quantitative estimate of drug-likeness (QED) is 0.912. The predicted octanol–water partition coefficient (Wildman–Crippen LogP) is 3.62. The SMILES string of the molecule is COc1ccsc1C(N)Cc1ccc(C)c(C)c1. The van der Waals surface area contributed by atoms with Gasteiger partial charge >= 0.3 is 0 Å². The van der Waals surface area contributed by atoms with Crippen LogP contribution in [-0.2, 0) is 6.42 Å². The molecule has 0 aliphatic carbocycles. The predicted molar refractivity (Wildman–Crippen MR) is 77.4 cm³/mol. The molecule has 0 aliphatic heterocycles. The van der Waals surface area contributed by atoms with Crippen molar-refractivity contribution >= 4 is 11.3 Å². The molecule has 0 radical (unpaired) electrons. The Balaban J connectivity index is 2.16. The van der Waals surface area contributed by atoms with E-state index >= 15 is 0 Å². The molecule has 2 nitrogen and oxygen atoms in total. The van der Waals surface area contributed by atoms with Gasteiger partial charge in [-0.1, -0.05) is 18.2 Å². The molecule has 0 aliphatic rings. The van der Waals surface area contributed by atoms with E-state index in [0.717, 1.165) is 17.0 Å². The Labute approximate surface area is 112 Å². The van der Waals surface area contributed by atoms with Crippen LogP contribution in [0, 0.1) is 13.8 Å². The van der Waals surface area contributed by atoms with Gasteiger partial charge in [-0.2, -0.15) is 0 Å². The Hall–Kier alpha value is -1.32. The minimum Gasteiger partial charge on any atom is -0.496 e. The molecule has 0 spiro atoms. The van der Waals surface area contributed by atoms with E-state index in [1.807, 2.05) is 11.4 Å². The molecular formula is C15H19NOS.